The Balaban J connectivity index is 1.41. The van der Waals surface area contributed by atoms with Gasteiger partial charge in [0.2, 0.25) is 5.91 Å². The maximum absolute atomic E-state index is 12.7. The molecule has 0 radical (unpaired) electrons. The van der Waals surface area contributed by atoms with Crippen LogP contribution in [-0.4, -0.2) is 82.5 Å². The number of hydrogen-bond acceptors (Lipinski definition) is 13. The van der Waals surface area contributed by atoms with E-state index in [-0.39, 0.29) is 34.6 Å². The molecule has 2 aromatic heterocycles. The fraction of sp³-hybridized carbons (Fsp3) is 0.400. The lowest BCUT2D eigenvalue weighted by atomic mass is 9.89. The number of rotatable bonds is 7. The second-order valence-corrected chi connectivity index (χ2v) is 10.7. The van der Waals surface area contributed by atoms with Gasteiger partial charge >= 0.3 is 5.97 Å². The Morgan fingerprint density at radius 2 is 2.29 bits per heavy atom. The van der Waals surface area contributed by atoms with Crippen LogP contribution in [0.3, 0.4) is 0 Å². The number of hydrogen-bond donors (Lipinski definition) is 4. The molecule has 31 heavy (non-hydrogen) atoms. The number of aromatic nitrogens is 3. The van der Waals surface area contributed by atoms with Gasteiger partial charge in [0.15, 0.2) is 15.2 Å². The number of nitrogens with two attached hydrogens (primary N) is 1. The van der Waals surface area contributed by atoms with Crippen LogP contribution in [-0.2, 0) is 14.4 Å². The van der Waals surface area contributed by atoms with Crippen molar-refractivity contribution in [1.29, 1.82) is 0 Å². The molecule has 0 aromatic carbocycles. The van der Waals surface area contributed by atoms with Crippen molar-refractivity contribution < 1.29 is 24.7 Å². The number of anilines is 1. The number of nitrogen functional groups attached to an aromatic ring is 1. The molecular formula is C15H15N7O5S4. The first kappa shape index (κ1) is 21.8. The van der Waals surface area contributed by atoms with Crippen LogP contribution in [0.4, 0.5) is 5.13 Å². The zero-order valence-electron chi connectivity index (χ0n) is 15.5. The third-order valence-electron chi connectivity index (χ3n) is 4.78. The third kappa shape index (κ3) is 4.07. The predicted octanol–water partition coefficient (Wildman–Crippen LogP) is 0.0183. The molecule has 16 heteroatoms. The van der Waals surface area contributed by atoms with E-state index in [2.05, 4.69) is 24.8 Å². The highest BCUT2D eigenvalue weighted by Gasteiger charge is 2.57. The highest BCUT2D eigenvalue weighted by Crippen LogP contribution is 2.44. The Kier molecular flexibility index (Phi) is 6.05. The van der Waals surface area contributed by atoms with E-state index in [0.29, 0.717) is 4.34 Å². The molecule has 2 aliphatic heterocycles. The number of carbonyl (C=O) groups excluding carboxylic acids is 2. The number of thiazole rings is 1. The molecule has 2 amide bonds. The molecule has 2 unspecified atom stereocenters. The fourth-order valence-electron chi connectivity index (χ4n) is 3.15. The zero-order valence-corrected chi connectivity index (χ0v) is 18.8. The van der Waals surface area contributed by atoms with Gasteiger partial charge in [0.1, 0.15) is 28.9 Å². The first-order chi connectivity index (χ1) is 14.8. The van der Waals surface area contributed by atoms with Crippen molar-refractivity contribution in [3.05, 3.63) is 17.4 Å². The molecule has 2 fully saturated rings. The second-order valence-electron chi connectivity index (χ2n) is 6.72. The number of oxime groups is 1. The van der Waals surface area contributed by atoms with E-state index in [1.54, 1.807) is 0 Å². The van der Waals surface area contributed by atoms with Gasteiger partial charge in [0, 0.05) is 23.4 Å². The van der Waals surface area contributed by atoms with Crippen molar-refractivity contribution in [1.82, 2.24) is 24.6 Å². The lowest BCUT2D eigenvalue weighted by Crippen LogP contribution is -2.74. The molecule has 5 N–H and O–H groups in total. The Bertz CT molecular complexity index is 1040. The van der Waals surface area contributed by atoms with Gasteiger partial charge in [-0.05, 0) is 11.5 Å². The van der Waals surface area contributed by atoms with E-state index in [1.807, 2.05) is 0 Å². The molecule has 0 saturated carbocycles. The van der Waals surface area contributed by atoms with E-state index in [4.69, 9.17) is 5.73 Å². The summed E-state index contributed by atoms with van der Waals surface area (Å²) in [5.74, 6) is -1.66. The largest absolute Gasteiger partial charge is 0.481 e. The quantitative estimate of drug-likeness (QED) is 0.132. The molecule has 0 bridgehead atoms. The Morgan fingerprint density at radius 1 is 1.48 bits per heavy atom. The van der Waals surface area contributed by atoms with Gasteiger partial charge in [-0.1, -0.05) is 16.9 Å². The smallest absolute Gasteiger partial charge is 0.313 e. The van der Waals surface area contributed by atoms with Crippen LogP contribution in [0.1, 0.15) is 5.69 Å². The number of thioether (sulfide) groups is 2. The van der Waals surface area contributed by atoms with E-state index in [1.165, 1.54) is 51.7 Å². The van der Waals surface area contributed by atoms with Crippen molar-refractivity contribution in [2.75, 3.05) is 23.8 Å². The van der Waals surface area contributed by atoms with Crippen molar-refractivity contribution >= 4 is 75.0 Å². The molecular weight excluding hydrogens is 486 g/mol. The molecule has 164 valence electrons. The van der Waals surface area contributed by atoms with Crippen LogP contribution in [0.5, 0.6) is 0 Å². The van der Waals surface area contributed by atoms with Crippen LogP contribution in [0.15, 0.2) is 21.2 Å². The van der Waals surface area contributed by atoms with Gasteiger partial charge in [0.05, 0.1) is 0 Å². The van der Waals surface area contributed by atoms with Gasteiger partial charge in [-0.15, -0.1) is 23.1 Å². The lowest BCUT2D eigenvalue weighted by molar-refractivity contribution is -0.157. The van der Waals surface area contributed by atoms with Crippen molar-refractivity contribution in [3.8, 4) is 0 Å². The molecule has 4 heterocycles. The average Bonchev–Trinajstić information content (AvgIpc) is 3.42. The molecule has 0 aliphatic carbocycles. The average molecular weight is 502 g/mol. The Morgan fingerprint density at radius 3 is 2.90 bits per heavy atom. The minimum Gasteiger partial charge on any atom is -0.481 e. The van der Waals surface area contributed by atoms with Crippen molar-refractivity contribution in [3.63, 3.8) is 0 Å². The third-order valence-corrected chi connectivity index (χ3v) is 9.13. The first-order valence-electron chi connectivity index (χ1n) is 8.64. The lowest BCUT2D eigenvalue weighted by Gasteiger charge is -2.53. The summed E-state index contributed by atoms with van der Waals surface area (Å²) < 4.78 is 4.56. The number of carboxylic acid groups (broad SMARTS) is 1. The van der Waals surface area contributed by atoms with Gasteiger partial charge < -0.3 is 26.3 Å². The summed E-state index contributed by atoms with van der Waals surface area (Å²) in [6.07, 6.45) is 1.40. The number of β-lactam (4-membered cyclic amide) rings is 1. The van der Waals surface area contributed by atoms with Gasteiger partial charge in [-0.25, -0.2) is 9.97 Å². The minimum atomic E-state index is -1.14. The topological polar surface area (TPSA) is 184 Å². The number of fused-ring (bicyclic) bond motifs is 1. The standard InChI is InChI=1S/C15H15N7O5S4/c16-13-19-6(1-28-13)7(21-27)9(23)20-8-10(24)22-2-15(12(25)26,3-29-11(8)22)4-30-14-17-5-18-31-14/h1,5,8,11,27H,2-4H2,(H2,16,19)(H,20,23)(H,25,26)/t8?,11-,15?/m1/s1. The van der Waals surface area contributed by atoms with E-state index in [0.717, 1.165) is 11.3 Å². The Hall–Kier alpha value is -2.43. The second kappa shape index (κ2) is 8.60. The normalized spacial score (nSPS) is 25.6. The van der Waals surface area contributed by atoms with Crippen LogP contribution in [0, 0.1) is 5.41 Å². The number of nitrogens with one attached hydrogen (secondary N) is 1. The van der Waals surface area contributed by atoms with Crippen molar-refractivity contribution in [2.24, 2.45) is 10.6 Å². The first-order valence-corrected chi connectivity index (χ1v) is 12.3. The van der Waals surface area contributed by atoms with Crippen LogP contribution in [0.2, 0.25) is 0 Å². The summed E-state index contributed by atoms with van der Waals surface area (Å²) in [6.45, 7) is 0.0283. The molecule has 12 nitrogen and oxygen atoms in total. The van der Waals surface area contributed by atoms with E-state index in [9.17, 15) is 24.7 Å². The highest BCUT2D eigenvalue weighted by atomic mass is 32.2. The number of nitrogens with zero attached hydrogens (tertiary/aromatic N) is 5. The molecule has 4 rings (SSSR count). The maximum atomic E-state index is 12.7. The fourth-order valence-corrected chi connectivity index (χ4v) is 7.00. The summed E-state index contributed by atoms with van der Waals surface area (Å²) >= 11 is 4.84. The molecule has 2 saturated heterocycles. The zero-order chi connectivity index (χ0) is 22.2. The van der Waals surface area contributed by atoms with Gasteiger partial charge in [0.25, 0.3) is 5.91 Å². The highest BCUT2D eigenvalue weighted by molar-refractivity contribution is 8.01. The summed E-state index contributed by atoms with van der Waals surface area (Å²) in [7, 11) is 0. The monoisotopic (exact) mass is 501 g/mol. The SMILES string of the molecule is Nc1nc(C(=NO)C(=O)NC2C(=O)N3CC(CSc4ncns4)(C(=O)O)CS[C@H]23)cs1. The molecule has 2 aliphatic rings. The number of carboxylic acids is 1. The minimum absolute atomic E-state index is 0.0283. The van der Waals surface area contributed by atoms with E-state index >= 15 is 0 Å². The molecule has 2 aromatic rings. The Labute approximate surface area is 191 Å². The number of amides is 2. The summed E-state index contributed by atoms with van der Waals surface area (Å²) in [5.41, 5.74) is 4.15. The maximum Gasteiger partial charge on any atom is 0.313 e. The van der Waals surface area contributed by atoms with E-state index < -0.39 is 34.6 Å². The summed E-state index contributed by atoms with van der Waals surface area (Å²) in [6, 6.07) is -0.854. The van der Waals surface area contributed by atoms with Gasteiger partial charge in [-0.3, -0.25) is 14.4 Å². The number of carbonyl (C=O) groups is 3. The predicted molar refractivity (Wildman–Crippen MR) is 115 cm³/mol. The van der Waals surface area contributed by atoms with Crippen LogP contribution >= 0.6 is 46.4 Å². The van der Waals surface area contributed by atoms with Crippen molar-refractivity contribution in [2.45, 2.75) is 15.8 Å². The van der Waals surface area contributed by atoms with Gasteiger partial charge in [-0.2, -0.15) is 4.37 Å². The van der Waals surface area contributed by atoms with Crippen LogP contribution in [0.25, 0.3) is 0 Å². The molecule has 3 atom stereocenters. The number of aliphatic carboxylic acids is 1. The van der Waals surface area contributed by atoms with Crippen LogP contribution < -0.4 is 11.1 Å². The summed E-state index contributed by atoms with van der Waals surface area (Å²) in [5, 5.41) is 25.8. The summed E-state index contributed by atoms with van der Waals surface area (Å²) in [4.78, 5) is 46.6. The molecule has 0 spiro atoms.